The van der Waals surface area contributed by atoms with Crippen LogP contribution in [0.1, 0.15) is 0 Å². The molecular weight excluding hydrogens is 102 g/mol. The van der Waals surface area contributed by atoms with E-state index in [-0.39, 0.29) is 0 Å². The van der Waals surface area contributed by atoms with E-state index in [0.717, 1.165) is 0 Å². The van der Waals surface area contributed by atoms with E-state index in [1.165, 1.54) is 5.34 Å². The Morgan fingerprint density at radius 1 is 1.67 bits per heavy atom. The second-order valence-electron chi connectivity index (χ2n) is 0.490. The maximum Gasteiger partial charge on any atom is 0.152 e. The summed E-state index contributed by atoms with van der Waals surface area (Å²) >= 11 is 1.75. The lowest BCUT2D eigenvalue weighted by Crippen LogP contribution is -1.25. The lowest BCUT2D eigenvalue weighted by molar-refractivity contribution is 0.312. The van der Waals surface area contributed by atoms with Gasteiger partial charge >= 0.3 is 0 Å². The summed E-state index contributed by atoms with van der Waals surface area (Å²) in [5.41, 5.74) is 0. The summed E-state index contributed by atoms with van der Waals surface area (Å²) < 4.78 is 0. The average molecular weight is 109 g/mol. The summed E-state index contributed by atoms with van der Waals surface area (Å²) in [5.74, 6) is 0. The van der Waals surface area contributed by atoms with Gasteiger partial charge < -0.3 is 5.21 Å². The molecule has 0 spiro atoms. The van der Waals surface area contributed by atoms with Crippen LogP contribution in [-0.2, 0) is 0 Å². The summed E-state index contributed by atoms with van der Waals surface area (Å²) in [7, 11) is 0. The Labute approximate surface area is 40.7 Å². The molecule has 1 N–H and O–H groups in total. The second kappa shape index (κ2) is 21.8. The van der Waals surface area contributed by atoms with Gasteiger partial charge in [-0.05, 0) is 12.5 Å². The van der Waals surface area contributed by atoms with Gasteiger partial charge in [-0.25, -0.2) is 0 Å². The molecule has 0 fully saturated rings. The van der Waals surface area contributed by atoms with Gasteiger partial charge in [0.1, 0.15) is 0 Å². The van der Waals surface area contributed by atoms with Crippen molar-refractivity contribution >= 4 is 11.8 Å². The standard InChI is InChI=1S/C2H6S.HNO2/c1-3-2;2-1-3/h1-2H3;(H,2,3). The molecule has 0 aliphatic carbocycles. The molecule has 0 atom stereocenters. The van der Waals surface area contributed by atoms with Gasteiger partial charge in [-0.15, -0.1) is 4.91 Å². The predicted octanol–water partition coefficient (Wildman–Crippen LogP) is 1.12. The Hall–Kier alpha value is -0.250. The predicted molar refractivity (Wildman–Crippen MR) is 27.0 cm³/mol. The number of rotatable bonds is 0. The highest BCUT2D eigenvalue weighted by molar-refractivity contribution is 7.97. The van der Waals surface area contributed by atoms with Gasteiger partial charge in [0.25, 0.3) is 0 Å². The highest BCUT2D eigenvalue weighted by Crippen LogP contribution is 1.70. The first-order chi connectivity index (χ1) is 2.83. The van der Waals surface area contributed by atoms with Crippen LogP contribution in [-0.4, -0.2) is 17.7 Å². The Kier molecular flexibility index (Phi) is 33.5. The van der Waals surface area contributed by atoms with Crippen LogP contribution in [0.2, 0.25) is 0 Å². The SMILES string of the molecule is CSC.O=NO. The molecule has 3 nitrogen and oxygen atoms in total. The van der Waals surface area contributed by atoms with Gasteiger partial charge in [0.2, 0.25) is 0 Å². The van der Waals surface area contributed by atoms with E-state index in [1.807, 2.05) is 12.5 Å². The maximum atomic E-state index is 8.11. The molecule has 0 aliphatic rings. The monoisotopic (exact) mass is 109 g/mol. The Balaban J connectivity index is 0. The normalized spacial score (nSPS) is 5.00. The molecule has 38 valence electrons. The van der Waals surface area contributed by atoms with Crippen molar-refractivity contribution in [1.82, 2.24) is 0 Å². The molecule has 0 aromatic carbocycles. The first-order valence-electron chi connectivity index (χ1n) is 1.20. The Morgan fingerprint density at radius 3 is 1.67 bits per heavy atom. The fourth-order valence-corrected chi connectivity index (χ4v) is 0. The molecule has 4 heteroatoms. The van der Waals surface area contributed by atoms with Gasteiger partial charge in [-0.2, -0.15) is 11.8 Å². The third-order valence-corrected chi connectivity index (χ3v) is 0. The number of hydrogen-bond donors (Lipinski definition) is 1. The molecule has 0 aromatic rings. The van der Waals surface area contributed by atoms with Crippen LogP contribution in [0.3, 0.4) is 0 Å². The minimum absolute atomic E-state index is 1.25. The first kappa shape index (κ1) is 9.23. The second-order valence-corrected chi connectivity index (χ2v) is 1.31. The summed E-state index contributed by atoms with van der Waals surface area (Å²) in [6, 6.07) is 0. The minimum Gasteiger partial charge on any atom is -0.379 e. The molecule has 0 saturated carbocycles. The molecule has 0 rings (SSSR count). The quantitative estimate of drug-likeness (QED) is 0.374. The topological polar surface area (TPSA) is 49.7 Å². The Morgan fingerprint density at radius 2 is 1.67 bits per heavy atom. The van der Waals surface area contributed by atoms with Crippen molar-refractivity contribution < 1.29 is 5.21 Å². The maximum absolute atomic E-state index is 8.11. The van der Waals surface area contributed by atoms with Crippen LogP contribution in [0.4, 0.5) is 0 Å². The van der Waals surface area contributed by atoms with E-state index in [0.29, 0.717) is 0 Å². The van der Waals surface area contributed by atoms with Gasteiger partial charge in [-0.3, -0.25) is 0 Å². The molecule has 0 amide bonds. The summed E-state index contributed by atoms with van der Waals surface area (Å²) in [6.45, 7) is 0. The van der Waals surface area contributed by atoms with Crippen molar-refractivity contribution in [2.45, 2.75) is 0 Å². The number of hydrogen-bond acceptors (Lipinski definition) is 3. The van der Waals surface area contributed by atoms with Crippen LogP contribution >= 0.6 is 11.8 Å². The molecule has 0 saturated heterocycles. The Bertz CT molecular complexity index is 25.5. The van der Waals surface area contributed by atoms with Crippen molar-refractivity contribution in [3.8, 4) is 0 Å². The average Bonchev–Trinajstić information content (AvgIpc) is 1.39. The smallest absolute Gasteiger partial charge is 0.152 e. The van der Waals surface area contributed by atoms with Crippen molar-refractivity contribution in [3.05, 3.63) is 4.91 Å². The van der Waals surface area contributed by atoms with Crippen LogP contribution in [0, 0.1) is 4.91 Å². The van der Waals surface area contributed by atoms with E-state index in [2.05, 4.69) is 0 Å². The third-order valence-electron chi connectivity index (χ3n) is 0. The van der Waals surface area contributed by atoms with E-state index in [1.54, 1.807) is 11.8 Å². The zero-order valence-corrected chi connectivity index (χ0v) is 4.53. The molecule has 0 aromatic heterocycles. The fraction of sp³-hybridized carbons (Fsp3) is 1.00. The molecule has 0 bridgehead atoms. The third kappa shape index (κ3) is 454. The number of nitrogens with zero attached hydrogens (tertiary/aromatic N) is 1. The highest BCUT2D eigenvalue weighted by Gasteiger charge is 1.32. The summed E-state index contributed by atoms with van der Waals surface area (Å²) in [5, 5.41) is 7.89. The molecule has 0 aliphatic heterocycles. The molecule has 0 radical (unpaired) electrons. The first-order valence-corrected chi connectivity index (χ1v) is 2.83. The zero-order valence-electron chi connectivity index (χ0n) is 3.71. The highest BCUT2D eigenvalue weighted by atomic mass is 32.2. The van der Waals surface area contributed by atoms with Gasteiger partial charge in [-0.1, -0.05) is 0 Å². The number of thioether (sulfide) groups is 1. The van der Waals surface area contributed by atoms with Crippen molar-refractivity contribution in [1.29, 1.82) is 0 Å². The molecular formula is C2H7NO2S. The minimum atomic E-state index is 1.25. The van der Waals surface area contributed by atoms with Gasteiger partial charge in [0.15, 0.2) is 5.34 Å². The van der Waals surface area contributed by atoms with E-state index in [4.69, 9.17) is 10.1 Å². The molecule has 0 heterocycles. The zero-order chi connectivity index (χ0) is 5.41. The van der Waals surface area contributed by atoms with Crippen LogP contribution in [0.5, 0.6) is 0 Å². The lowest BCUT2D eigenvalue weighted by Gasteiger charge is -1.51. The largest absolute Gasteiger partial charge is 0.379 e. The van der Waals surface area contributed by atoms with Crippen LogP contribution < -0.4 is 0 Å². The molecule has 6 heavy (non-hydrogen) atoms. The summed E-state index contributed by atoms with van der Waals surface area (Å²) in [6.07, 6.45) is 4.08. The van der Waals surface area contributed by atoms with Gasteiger partial charge in [0.05, 0.1) is 0 Å². The van der Waals surface area contributed by atoms with Crippen molar-refractivity contribution in [3.63, 3.8) is 0 Å². The molecule has 0 unspecified atom stereocenters. The lowest BCUT2D eigenvalue weighted by atomic mass is 11.9. The van der Waals surface area contributed by atoms with E-state index >= 15 is 0 Å². The van der Waals surface area contributed by atoms with Gasteiger partial charge in [0, 0.05) is 0 Å². The van der Waals surface area contributed by atoms with Crippen molar-refractivity contribution in [2.75, 3.05) is 12.5 Å². The van der Waals surface area contributed by atoms with E-state index < -0.39 is 0 Å². The van der Waals surface area contributed by atoms with Crippen molar-refractivity contribution in [2.24, 2.45) is 5.34 Å². The van der Waals surface area contributed by atoms with Crippen LogP contribution in [0.25, 0.3) is 0 Å². The van der Waals surface area contributed by atoms with Crippen LogP contribution in [0.15, 0.2) is 5.34 Å². The summed E-state index contributed by atoms with van der Waals surface area (Å²) in [4.78, 5) is 8.11. The fourth-order valence-electron chi connectivity index (χ4n) is 0. The van der Waals surface area contributed by atoms with E-state index in [9.17, 15) is 0 Å².